The number of carbonyl (C=O) groups is 1. The Kier molecular flexibility index (Phi) is 2.39. The van der Waals surface area contributed by atoms with Crippen molar-refractivity contribution < 1.29 is 20.8 Å². The molecular formula is C12H18O3Si. The van der Waals surface area contributed by atoms with Gasteiger partial charge in [0.25, 0.3) is 0 Å². The van der Waals surface area contributed by atoms with Crippen molar-refractivity contribution in [3.05, 3.63) is 35.8 Å². The molecule has 1 aromatic carbocycles. The van der Waals surface area contributed by atoms with Gasteiger partial charge in [-0.2, -0.15) is 0 Å². The van der Waals surface area contributed by atoms with Crippen molar-refractivity contribution in [2.75, 3.05) is 7.11 Å². The van der Waals surface area contributed by atoms with E-state index in [1.165, 1.54) is 0 Å². The third kappa shape index (κ3) is 3.79. The predicted molar refractivity (Wildman–Crippen MR) is 65.6 cm³/mol. The third-order valence-corrected chi connectivity index (χ3v) is 2.61. The van der Waals surface area contributed by atoms with E-state index in [0.717, 1.165) is 7.11 Å². The molecule has 0 aliphatic carbocycles. The standard InChI is InChI=1S/C12H18O3Si/c1-14-12(13)11(15-16(2,3)4)10-8-6-5-7-9-10/h5-9,11H,1-4H3/i5D,6D,7D,8D,9D. The molecule has 0 amide bonds. The summed E-state index contributed by atoms with van der Waals surface area (Å²) in [7, 11) is -1.05. The van der Waals surface area contributed by atoms with Gasteiger partial charge >= 0.3 is 5.97 Å². The Hall–Kier alpha value is -1.13. The molecule has 0 spiro atoms. The van der Waals surface area contributed by atoms with Crippen LogP contribution in [-0.2, 0) is 14.0 Å². The lowest BCUT2D eigenvalue weighted by Crippen LogP contribution is -2.32. The van der Waals surface area contributed by atoms with Gasteiger partial charge in [-0.1, -0.05) is 30.2 Å². The summed E-state index contributed by atoms with van der Waals surface area (Å²) >= 11 is 0. The number of carbonyl (C=O) groups excluding carboxylic acids is 1. The van der Waals surface area contributed by atoms with Crippen LogP contribution in [-0.4, -0.2) is 21.4 Å². The Morgan fingerprint density at radius 1 is 1.31 bits per heavy atom. The SMILES string of the molecule is [2H]c1c([2H])c([2H])c(C(O[Si](C)(C)C)C(=O)OC)c([2H])c1[2H]. The van der Waals surface area contributed by atoms with Gasteiger partial charge in [0.1, 0.15) is 0 Å². The fraction of sp³-hybridized carbons (Fsp3) is 0.417. The molecule has 0 radical (unpaired) electrons. The maximum absolute atomic E-state index is 11.9. The summed E-state index contributed by atoms with van der Waals surface area (Å²) in [6.07, 6.45) is -1.32. The van der Waals surface area contributed by atoms with Gasteiger partial charge in [0.05, 0.1) is 14.0 Å². The molecule has 0 bridgehead atoms. The molecule has 16 heavy (non-hydrogen) atoms. The molecule has 0 N–H and O–H groups in total. The number of hydrogen-bond acceptors (Lipinski definition) is 3. The van der Waals surface area contributed by atoms with E-state index in [2.05, 4.69) is 4.74 Å². The maximum Gasteiger partial charge on any atom is 0.338 e. The van der Waals surface area contributed by atoms with E-state index in [-0.39, 0.29) is 5.56 Å². The Morgan fingerprint density at radius 2 is 1.88 bits per heavy atom. The van der Waals surface area contributed by atoms with Crippen LogP contribution in [0.15, 0.2) is 30.2 Å². The number of ether oxygens (including phenoxy) is 1. The van der Waals surface area contributed by atoms with Crippen molar-refractivity contribution >= 4 is 14.3 Å². The first-order chi connectivity index (χ1) is 9.51. The van der Waals surface area contributed by atoms with Gasteiger partial charge in [0.2, 0.25) is 0 Å². The maximum atomic E-state index is 11.9. The van der Waals surface area contributed by atoms with Crippen LogP contribution in [0.3, 0.4) is 0 Å². The summed E-state index contributed by atoms with van der Waals surface area (Å²) in [6.45, 7) is 5.49. The number of rotatable bonds is 4. The lowest BCUT2D eigenvalue weighted by atomic mass is 10.1. The Bertz CT molecular complexity index is 542. The minimum Gasteiger partial charge on any atom is -0.467 e. The van der Waals surface area contributed by atoms with E-state index in [4.69, 9.17) is 11.3 Å². The smallest absolute Gasteiger partial charge is 0.338 e. The molecule has 0 saturated carbocycles. The second-order valence-corrected chi connectivity index (χ2v) is 8.63. The van der Waals surface area contributed by atoms with E-state index in [9.17, 15) is 4.79 Å². The molecule has 1 atom stereocenters. The van der Waals surface area contributed by atoms with Crippen LogP contribution in [0.1, 0.15) is 18.5 Å². The van der Waals surface area contributed by atoms with Gasteiger partial charge in [-0.3, -0.25) is 0 Å². The Labute approximate surface area is 105 Å². The molecular weight excluding hydrogens is 220 g/mol. The minimum atomic E-state index is -2.21. The monoisotopic (exact) mass is 243 g/mol. The number of esters is 1. The van der Waals surface area contributed by atoms with E-state index in [0.29, 0.717) is 0 Å². The van der Waals surface area contributed by atoms with Crippen molar-refractivity contribution in [2.24, 2.45) is 0 Å². The average molecular weight is 243 g/mol. The first kappa shape index (κ1) is 7.24. The van der Waals surface area contributed by atoms with E-state index in [1.54, 1.807) is 0 Å². The highest BCUT2D eigenvalue weighted by atomic mass is 28.4. The van der Waals surface area contributed by atoms with Gasteiger partial charge in [0, 0.05) is 0 Å². The highest BCUT2D eigenvalue weighted by molar-refractivity contribution is 6.69. The molecule has 3 nitrogen and oxygen atoms in total. The lowest BCUT2D eigenvalue weighted by molar-refractivity contribution is -0.149. The van der Waals surface area contributed by atoms with Gasteiger partial charge in [0.15, 0.2) is 14.4 Å². The first-order valence-electron chi connectivity index (χ1n) is 7.33. The number of methoxy groups -OCH3 is 1. The van der Waals surface area contributed by atoms with Crippen LogP contribution in [0.4, 0.5) is 0 Å². The zero-order chi connectivity index (χ0) is 16.5. The van der Waals surface area contributed by atoms with Crippen LogP contribution in [0.2, 0.25) is 19.6 Å². The van der Waals surface area contributed by atoms with Crippen molar-refractivity contribution in [3.8, 4) is 0 Å². The number of benzene rings is 1. The molecule has 0 fully saturated rings. The molecule has 0 aliphatic heterocycles. The summed E-state index contributed by atoms with van der Waals surface area (Å²) in [4.78, 5) is 11.9. The first-order valence-corrected chi connectivity index (χ1v) is 8.24. The lowest BCUT2D eigenvalue weighted by Gasteiger charge is -2.24. The summed E-state index contributed by atoms with van der Waals surface area (Å²) < 4.78 is 49.0. The third-order valence-electron chi connectivity index (χ3n) is 1.67. The molecule has 1 unspecified atom stereocenters. The van der Waals surface area contributed by atoms with Crippen molar-refractivity contribution in [1.29, 1.82) is 0 Å². The van der Waals surface area contributed by atoms with E-state index in [1.807, 2.05) is 19.6 Å². The van der Waals surface area contributed by atoms with Gasteiger partial charge in [-0.25, -0.2) is 4.79 Å². The molecule has 1 rings (SSSR count). The zero-order valence-electron chi connectivity index (χ0n) is 14.8. The quantitative estimate of drug-likeness (QED) is 0.602. The second kappa shape index (κ2) is 5.27. The van der Waals surface area contributed by atoms with Crippen LogP contribution in [0, 0.1) is 0 Å². The minimum absolute atomic E-state index is 0.185. The Balaban J connectivity index is 3.55. The summed E-state index contributed by atoms with van der Waals surface area (Å²) in [5.74, 6) is -0.782. The molecule has 0 aliphatic rings. The molecule has 1 aromatic rings. The van der Waals surface area contributed by atoms with Crippen molar-refractivity contribution in [3.63, 3.8) is 0 Å². The average Bonchev–Trinajstić information content (AvgIpc) is 2.39. The molecule has 0 heterocycles. The molecule has 4 heteroatoms. The van der Waals surface area contributed by atoms with Crippen LogP contribution in [0.5, 0.6) is 0 Å². The van der Waals surface area contributed by atoms with Crippen molar-refractivity contribution in [1.82, 2.24) is 0 Å². The molecule has 88 valence electrons. The number of hydrogen-bond donors (Lipinski definition) is 0. The summed E-state index contributed by atoms with van der Waals surface area (Å²) in [5.41, 5.74) is -0.185. The second-order valence-electron chi connectivity index (χ2n) is 4.17. The highest BCUT2D eigenvalue weighted by Crippen LogP contribution is 2.23. The largest absolute Gasteiger partial charge is 0.467 e. The summed E-state index contributed by atoms with van der Waals surface area (Å²) in [6, 6.07) is -2.41. The highest BCUT2D eigenvalue weighted by Gasteiger charge is 2.28. The van der Waals surface area contributed by atoms with E-state index < -0.39 is 50.6 Å². The zero-order valence-corrected chi connectivity index (χ0v) is 10.8. The van der Waals surface area contributed by atoms with E-state index >= 15 is 0 Å². The van der Waals surface area contributed by atoms with Crippen LogP contribution < -0.4 is 0 Å². The predicted octanol–water partition coefficient (Wildman–Crippen LogP) is 2.75. The fourth-order valence-corrected chi connectivity index (χ4v) is 2.00. The van der Waals surface area contributed by atoms with Crippen molar-refractivity contribution in [2.45, 2.75) is 25.7 Å². The normalized spacial score (nSPS) is 17.6. The summed E-state index contributed by atoms with van der Waals surface area (Å²) in [5, 5.41) is 0. The molecule has 0 aromatic heterocycles. The fourth-order valence-electron chi connectivity index (χ4n) is 1.08. The van der Waals surface area contributed by atoms with Crippen LogP contribution >= 0.6 is 0 Å². The van der Waals surface area contributed by atoms with Gasteiger partial charge in [-0.05, 0) is 25.2 Å². The van der Waals surface area contributed by atoms with Gasteiger partial charge < -0.3 is 9.16 Å². The topological polar surface area (TPSA) is 35.5 Å². The Morgan fingerprint density at radius 3 is 2.31 bits per heavy atom. The van der Waals surface area contributed by atoms with Crippen LogP contribution in [0.25, 0.3) is 0 Å². The molecule has 0 saturated heterocycles. The van der Waals surface area contributed by atoms with Gasteiger partial charge in [-0.15, -0.1) is 0 Å².